The Balaban J connectivity index is 2.04. The van der Waals surface area contributed by atoms with E-state index in [0.29, 0.717) is 13.1 Å². The number of hydrogen-bond acceptors (Lipinski definition) is 4. The summed E-state index contributed by atoms with van der Waals surface area (Å²) < 4.78 is 0. The molecule has 2 heterocycles. The van der Waals surface area contributed by atoms with Crippen LogP contribution >= 0.6 is 0 Å². The maximum atomic E-state index is 12.0. The van der Waals surface area contributed by atoms with Gasteiger partial charge in [0.15, 0.2) is 0 Å². The maximum absolute atomic E-state index is 12.0. The van der Waals surface area contributed by atoms with Crippen molar-refractivity contribution >= 4 is 17.6 Å². The fourth-order valence-corrected chi connectivity index (χ4v) is 2.18. The lowest BCUT2D eigenvalue weighted by Crippen LogP contribution is -2.53. The Kier molecular flexibility index (Phi) is 4.55. The van der Waals surface area contributed by atoms with Gasteiger partial charge in [-0.05, 0) is 26.0 Å². The molecule has 0 aromatic carbocycles. The van der Waals surface area contributed by atoms with E-state index in [0.717, 1.165) is 18.1 Å². The topological polar surface area (TPSA) is 65.5 Å². The summed E-state index contributed by atoms with van der Waals surface area (Å²) in [6, 6.07) is 5.65. The van der Waals surface area contributed by atoms with Crippen LogP contribution in [0, 0.1) is 0 Å². The molecule has 2 rings (SSSR count). The van der Waals surface area contributed by atoms with Crippen molar-refractivity contribution < 1.29 is 9.59 Å². The van der Waals surface area contributed by atoms with Crippen molar-refractivity contribution in [3.05, 3.63) is 23.9 Å². The number of carbonyl (C=O) groups is 2. The fraction of sp³-hybridized carbons (Fsp3) is 0.500. The van der Waals surface area contributed by atoms with Crippen molar-refractivity contribution in [1.29, 1.82) is 0 Å². The second-order valence-corrected chi connectivity index (χ2v) is 4.70. The molecule has 0 spiro atoms. The van der Waals surface area contributed by atoms with Crippen LogP contribution in [0.3, 0.4) is 0 Å². The van der Waals surface area contributed by atoms with Crippen LogP contribution in [-0.2, 0) is 16.1 Å². The zero-order valence-corrected chi connectivity index (χ0v) is 11.9. The molecule has 1 saturated heterocycles. The van der Waals surface area contributed by atoms with E-state index >= 15 is 0 Å². The minimum absolute atomic E-state index is 0.00469. The first-order valence-electron chi connectivity index (χ1n) is 6.89. The molecule has 0 unspecified atom stereocenters. The molecule has 1 aliphatic rings. The smallest absolute Gasteiger partial charge is 0.243 e. The predicted octanol–water partition coefficient (Wildman–Crippen LogP) is 0.704. The van der Waals surface area contributed by atoms with E-state index in [1.54, 1.807) is 9.80 Å². The van der Waals surface area contributed by atoms with Crippen molar-refractivity contribution in [1.82, 2.24) is 14.8 Å². The first kappa shape index (κ1) is 14.3. The molecule has 1 aromatic rings. The minimum atomic E-state index is -0.0258. The van der Waals surface area contributed by atoms with Crippen LogP contribution in [0.2, 0.25) is 0 Å². The number of rotatable bonds is 5. The molecule has 2 amide bonds. The molecule has 108 valence electrons. The highest BCUT2D eigenvalue weighted by Gasteiger charge is 2.28. The molecular weight excluding hydrogens is 256 g/mol. The van der Waals surface area contributed by atoms with Crippen LogP contribution in [0.25, 0.3) is 0 Å². The minimum Gasteiger partial charge on any atom is -0.370 e. The van der Waals surface area contributed by atoms with Crippen molar-refractivity contribution in [2.75, 3.05) is 31.5 Å². The lowest BCUT2D eigenvalue weighted by molar-refractivity contribution is -0.150. The van der Waals surface area contributed by atoms with Crippen molar-refractivity contribution in [2.24, 2.45) is 0 Å². The Labute approximate surface area is 118 Å². The summed E-state index contributed by atoms with van der Waals surface area (Å²) in [5.41, 5.74) is 0.787. The molecule has 1 aliphatic heterocycles. The molecule has 6 nitrogen and oxygen atoms in total. The van der Waals surface area contributed by atoms with Gasteiger partial charge in [-0.2, -0.15) is 0 Å². The standard InChI is InChI=1S/C14H20N4O2/c1-3-15-12-7-5-6-11(16-12)8-18-10-13(19)17(4-2)9-14(18)20/h5-7H,3-4,8-10H2,1-2H3,(H,15,16). The van der Waals surface area contributed by atoms with Crippen molar-refractivity contribution in [3.63, 3.8) is 0 Å². The van der Waals surface area contributed by atoms with Gasteiger partial charge in [-0.1, -0.05) is 6.07 Å². The SMILES string of the molecule is CCNc1cccc(CN2CC(=O)N(CC)CC2=O)n1. The Hall–Kier alpha value is -2.11. The number of nitrogens with one attached hydrogen (secondary N) is 1. The Bertz CT molecular complexity index is 504. The van der Waals surface area contributed by atoms with E-state index in [2.05, 4.69) is 10.3 Å². The molecule has 1 N–H and O–H groups in total. The van der Waals surface area contributed by atoms with Crippen LogP contribution in [0.4, 0.5) is 5.82 Å². The quantitative estimate of drug-likeness (QED) is 0.860. The van der Waals surface area contributed by atoms with Crippen LogP contribution in [-0.4, -0.2) is 52.8 Å². The van der Waals surface area contributed by atoms with Gasteiger partial charge in [0.1, 0.15) is 12.4 Å². The van der Waals surface area contributed by atoms with E-state index in [-0.39, 0.29) is 24.9 Å². The summed E-state index contributed by atoms with van der Waals surface area (Å²) in [5, 5.41) is 3.13. The number of nitrogens with zero attached hydrogens (tertiary/aromatic N) is 3. The summed E-state index contributed by atoms with van der Waals surface area (Å²) in [4.78, 5) is 31.4. The van der Waals surface area contributed by atoms with Crippen molar-refractivity contribution in [2.45, 2.75) is 20.4 Å². The number of amides is 2. The van der Waals surface area contributed by atoms with E-state index in [1.165, 1.54) is 0 Å². The summed E-state index contributed by atoms with van der Waals surface area (Å²) >= 11 is 0. The van der Waals surface area contributed by atoms with E-state index < -0.39 is 0 Å². The lowest BCUT2D eigenvalue weighted by atomic mass is 10.2. The predicted molar refractivity (Wildman–Crippen MR) is 76.1 cm³/mol. The molecule has 1 aromatic heterocycles. The number of pyridine rings is 1. The van der Waals surface area contributed by atoms with Gasteiger partial charge in [0.05, 0.1) is 18.8 Å². The van der Waals surface area contributed by atoms with Gasteiger partial charge >= 0.3 is 0 Å². The van der Waals surface area contributed by atoms with Gasteiger partial charge in [0, 0.05) is 13.1 Å². The molecular formula is C14H20N4O2. The van der Waals surface area contributed by atoms with Gasteiger partial charge in [-0.3, -0.25) is 9.59 Å². The monoisotopic (exact) mass is 276 g/mol. The third kappa shape index (κ3) is 3.26. The lowest BCUT2D eigenvalue weighted by Gasteiger charge is -2.33. The number of carbonyl (C=O) groups excluding carboxylic acids is 2. The molecule has 1 fully saturated rings. The molecule has 20 heavy (non-hydrogen) atoms. The molecule has 0 saturated carbocycles. The summed E-state index contributed by atoms with van der Waals surface area (Å²) in [6.45, 7) is 5.93. The Morgan fingerprint density at radius 2 is 1.85 bits per heavy atom. The zero-order chi connectivity index (χ0) is 14.5. The van der Waals surface area contributed by atoms with Gasteiger partial charge in [-0.25, -0.2) is 4.98 Å². The summed E-state index contributed by atoms with van der Waals surface area (Å²) in [5.74, 6) is 0.757. The molecule has 0 atom stereocenters. The molecule has 0 aliphatic carbocycles. The summed E-state index contributed by atoms with van der Waals surface area (Å²) in [7, 11) is 0. The second kappa shape index (κ2) is 6.36. The van der Waals surface area contributed by atoms with Crippen LogP contribution in [0.1, 0.15) is 19.5 Å². The first-order chi connectivity index (χ1) is 9.63. The molecule has 0 radical (unpaired) electrons. The van der Waals surface area contributed by atoms with Gasteiger partial charge in [0.25, 0.3) is 0 Å². The molecule has 0 bridgehead atoms. The zero-order valence-electron chi connectivity index (χ0n) is 11.9. The number of hydrogen-bond donors (Lipinski definition) is 1. The average molecular weight is 276 g/mol. The average Bonchev–Trinajstić information content (AvgIpc) is 2.43. The highest BCUT2D eigenvalue weighted by Crippen LogP contribution is 2.11. The van der Waals surface area contributed by atoms with E-state index in [1.807, 2.05) is 32.0 Å². The van der Waals surface area contributed by atoms with Crippen LogP contribution in [0.5, 0.6) is 0 Å². The fourth-order valence-electron chi connectivity index (χ4n) is 2.18. The Morgan fingerprint density at radius 1 is 1.15 bits per heavy atom. The number of piperazine rings is 1. The maximum Gasteiger partial charge on any atom is 0.243 e. The van der Waals surface area contributed by atoms with Gasteiger partial charge < -0.3 is 15.1 Å². The van der Waals surface area contributed by atoms with Crippen molar-refractivity contribution in [3.8, 4) is 0 Å². The van der Waals surface area contributed by atoms with Crippen LogP contribution in [0.15, 0.2) is 18.2 Å². The van der Waals surface area contributed by atoms with Gasteiger partial charge in [0.2, 0.25) is 11.8 Å². The third-order valence-corrected chi connectivity index (χ3v) is 3.26. The first-order valence-corrected chi connectivity index (χ1v) is 6.89. The van der Waals surface area contributed by atoms with E-state index in [4.69, 9.17) is 0 Å². The normalized spacial score (nSPS) is 15.7. The third-order valence-electron chi connectivity index (χ3n) is 3.26. The number of anilines is 1. The van der Waals surface area contributed by atoms with E-state index in [9.17, 15) is 9.59 Å². The number of aromatic nitrogens is 1. The largest absolute Gasteiger partial charge is 0.370 e. The highest BCUT2D eigenvalue weighted by molar-refractivity contribution is 5.92. The van der Waals surface area contributed by atoms with Crippen LogP contribution < -0.4 is 5.32 Å². The van der Waals surface area contributed by atoms with Gasteiger partial charge in [-0.15, -0.1) is 0 Å². The summed E-state index contributed by atoms with van der Waals surface area (Å²) in [6.07, 6.45) is 0. The Morgan fingerprint density at radius 3 is 2.55 bits per heavy atom. The molecule has 6 heteroatoms. The highest BCUT2D eigenvalue weighted by atomic mass is 16.2. The number of likely N-dealkylation sites (N-methyl/N-ethyl adjacent to an activating group) is 1. The second-order valence-electron chi connectivity index (χ2n) is 4.70.